The number of nitrogens with one attached hydrogen (secondary N) is 2. The van der Waals surface area contributed by atoms with Crippen LogP contribution in [-0.4, -0.2) is 40.0 Å². The Morgan fingerprint density at radius 1 is 1.17 bits per heavy atom. The minimum Gasteiger partial charge on any atom is -0.395 e. The average molecular weight is 420 g/mol. The summed E-state index contributed by atoms with van der Waals surface area (Å²) in [5.41, 5.74) is 4.08. The zero-order valence-corrected chi connectivity index (χ0v) is 17.0. The summed E-state index contributed by atoms with van der Waals surface area (Å²) in [5, 5.41) is 15.5. The Morgan fingerprint density at radius 3 is 2.87 bits per heavy atom. The zero-order chi connectivity index (χ0) is 20.8. The van der Waals surface area contributed by atoms with Crippen LogP contribution in [0.1, 0.15) is 12.8 Å². The summed E-state index contributed by atoms with van der Waals surface area (Å²) in [6, 6.07) is 10.1. The lowest BCUT2D eigenvalue weighted by Gasteiger charge is -2.06. The second kappa shape index (κ2) is 9.43. The molecule has 152 valence electrons. The Bertz CT molecular complexity index is 1130. The standard InChI is InChI=1S/C22H21N5O2S/c28-11-10-25-21(29)13-15-2-1-7-24-20(12-15)27-22-26-18-4-3-17(14-19(18)30-22)16-5-8-23-9-6-16/h1,3-9,12,14,28H,2,10-11,13H2,(H,25,29)(H,24,26,27). The van der Waals surface area contributed by atoms with Crippen molar-refractivity contribution >= 4 is 38.4 Å². The molecule has 1 aliphatic heterocycles. The van der Waals surface area contributed by atoms with Crippen molar-refractivity contribution in [2.24, 2.45) is 4.99 Å². The van der Waals surface area contributed by atoms with E-state index in [1.54, 1.807) is 29.9 Å². The van der Waals surface area contributed by atoms with Crippen LogP contribution in [0.15, 0.2) is 71.6 Å². The number of anilines is 1. The summed E-state index contributed by atoms with van der Waals surface area (Å²) in [5.74, 6) is 0.524. The Labute approximate surface area is 177 Å². The van der Waals surface area contributed by atoms with Crippen LogP contribution in [0.25, 0.3) is 21.3 Å². The molecule has 1 amide bonds. The molecule has 0 fully saturated rings. The number of carbonyl (C=O) groups is 1. The number of hydrogen-bond acceptors (Lipinski definition) is 7. The SMILES string of the molecule is O=C(CC1=CC(Nc2nc3ccc(-c4ccncc4)cc3s2)=NC=CC1)NCCO. The third-order valence-electron chi connectivity index (χ3n) is 4.50. The zero-order valence-electron chi connectivity index (χ0n) is 16.2. The van der Waals surface area contributed by atoms with E-state index < -0.39 is 0 Å². The van der Waals surface area contributed by atoms with Gasteiger partial charge in [0.15, 0.2) is 5.13 Å². The predicted octanol–water partition coefficient (Wildman–Crippen LogP) is 3.51. The number of amides is 1. The smallest absolute Gasteiger partial charge is 0.224 e. The first-order chi connectivity index (χ1) is 14.7. The molecule has 0 spiro atoms. The number of amidine groups is 1. The minimum atomic E-state index is -0.117. The molecule has 30 heavy (non-hydrogen) atoms. The van der Waals surface area contributed by atoms with Crippen molar-refractivity contribution in [1.29, 1.82) is 0 Å². The van der Waals surface area contributed by atoms with E-state index in [9.17, 15) is 4.79 Å². The highest BCUT2D eigenvalue weighted by Gasteiger charge is 2.11. The first-order valence-electron chi connectivity index (χ1n) is 9.59. The number of thiazole rings is 1. The van der Waals surface area contributed by atoms with Crippen molar-refractivity contribution in [3.8, 4) is 11.1 Å². The van der Waals surface area contributed by atoms with Gasteiger partial charge < -0.3 is 15.7 Å². The molecule has 1 aromatic carbocycles. The second-order valence-electron chi connectivity index (χ2n) is 6.72. The maximum Gasteiger partial charge on any atom is 0.224 e. The number of benzene rings is 1. The highest BCUT2D eigenvalue weighted by molar-refractivity contribution is 7.22. The average Bonchev–Trinajstić information content (AvgIpc) is 3.04. The summed E-state index contributed by atoms with van der Waals surface area (Å²) in [7, 11) is 0. The lowest BCUT2D eigenvalue weighted by atomic mass is 10.1. The van der Waals surface area contributed by atoms with E-state index in [0.29, 0.717) is 12.3 Å². The molecule has 0 saturated carbocycles. The minimum absolute atomic E-state index is 0.0700. The molecular formula is C22H21N5O2S. The normalized spacial score (nSPS) is 13.5. The van der Waals surface area contributed by atoms with E-state index in [2.05, 4.69) is 37.7 Å². The number of rotatable bonds is 6. The number of aliphatic hydroxyl groups is 1. The monoisotopic (exact) mass is 419 g/mol. The number of aromatic nitrogens is 2. The number of carbonyl (C=O) groups excluding carboxylic acids is 1. The van der Waals surface area contributed by atoms with Crippen LogP contribution < -0.4 is 10.6 Å². The van der Waals surface area contributed by atoms with Crippen molar-refractivity contribution in [2.45, 2.75) is 12.8 Å². The molecule has 0 radical (unpaired) electrons. The molecule has 3 aromatic rings. The molecule has 8 heteroatoms. The quantitative estimate of drug-likeness (QED) is 0.568. The Hall–Kier alpha value is -3.36. The van der Waals surface area contributed by atoms with Crippen LogP contribution in [0.2, 0.25) is 0 Å². The lowest BCUT2D eigenvalue weighted by Crippen LogP contribution is -2.26. The maximum absolute atomic E-state index is 12.0. The van der Waals surface area contributed by atoms with Gasteiger partial charge in [-0.1, -0.05) is 29.1 Å². The van der Waals surface area contributed by atoms with Gasteiger partial charge >= 0.3 is 0 Å². The van der Waals surface area contributed by atoms with Crippen LogP contribution >= 0.6 is 11.3 Å². The third kappa shape index (κ3) is 4.97. The first kappa shape index (κ1) is 19.9. The van der Waals surface area contributed by atoms with Gasteiger partial charge in [-0.25, -0.2) is 9.98 Å². The van der Waals surface area contributed by atoms with Gasteiger partial charge in [0.1, 0.15) is 5.84 Å². The van der Waals surface area contributed by atoms with Crippen LogP contribution in [0, 0.1) is 0 Å². The fourth-order valence-corrected chi connectivity index (χ4v) is 4.01. The van der Waals surface area contributed by atoms with Gasteiger partial charge in [0.2, 0.25) is 5.91 Å². The highest BCUT2D eigenvalue weighted by Crippen LogP contribution is 2.30. The van der Waals surface area contributed by atoms with Crippen molar-refractivity contribution in [3.05, 3.63) is 66.7 Å². The Morgan fingerprint density at radius 2 is 2.03 bits per heavy atom. The Kier molecular flexibility index (Phi) is 6.26. The molecule has 2 aromatic heterocycles. The number of hydrogen-bond donors (Lipinski definition) is 3. The maximum atomic E-state index is 12.0. The molecule has 0 atom stereocenters. The van der Waals surface area contributed by atoms with E-state index >= 15 is 0 Å². The van der Waals surface area contributed by atoms with Crippen LogP contribution in [-0.2, 0) is 4.79 Å². The number of pyridine rings is 1. The summed E-state index contributed by atoms with van der Waals surface area (Å²) < 4.78 is 1.07. The van der Waals surface area contributed by atoms with Crippen molar-refractivity contribution in [2.75, 3.05) is 18.5 Å². The molecule has 7 nitrogen and oxygen atoms in total. The molecule has 4 rings (SSSR count). The van der Waals surface area contributed by atoms with Gasteiger partial charge in [-0.2, -0.15) is 0 Å². The molecule has 0 saturated heterocycles. The van der Waals surface area contributed by atoms with Crippen LogP contribution in [0.4, 0.5) is 5.13 Å². The Balaban J connectivity index is 1.51. The lowest BCUT2D eigenvalue weighted by molar-refractivity contribution is -0.120. The number of aliphatic imine (C=N–C) groups is 1. The van der Waals surface area contributed by atoms with E-state index in [-0.39, 0.29) is 25.5 Å². The van der Waals surface area contributed by atoms with Crippen LogP contribution in [0.3, 0.4) is 0 Å². The summed E-state index contributed by atoms with van der Waals surface area (Å²) in [6.07, 6.45) is 10.0. The fourth-order valence-electron chi connectivity index (χ4n) is 3.09. The number of allylic oxidation sites excluding steroid dienone is 1. The number of aliphatic hydroxyl groups excluding tert-OH is 1. The molecule has 0 bridgehead atoms. The summed E-state index contributed by atoms with van der Waals surface area (Å²) >= 11 is 1.55. The molecule has 3 heterocycles. The van der Waals surface area contributed by atoms with E-state index in [1.807, 2.05) is 30.4 Å². The largest absolute Gasteiger partial charge is 0.395 e. The van der Waals surface area contributed by atoms with Crippen LogP contribution in [0.5, 0.6) is 0 Å². The molecular weight excluding hydrogens is 398 g/mol. The van der Waals surface area contributed by atoms with Gasteiger partial charge in [0, 0.05) is 31.6 Å². The van der Waals surface area contributed by atoms with Gasteiger partial charge in [-0.05, 0) is 47.9 Å². The third-order valence-corrected chi connectivity index (χ3v) is 5.43. The highest BCUT2D eigenvalue weighted by atomic mass is 32.1. The van der Waals surface area contributed by atoms with E-state index in [4.69, 9.17) is 5.11 Å². The van der Waals surface area contributed by atoms with Gasteiger partial charge in [-0.15, -0.1) is 0 Å². The molecule has 3 N–H and O–H groups in total. The molecule has 0 aliphatic carbocycles. The van der Waals surface area contributed by atoms with Crippen molar-refractivity contribution in [3.63, 3.8) is 0 Å². The molecule has 0 unspecified atom stereocenters. The second-order valence-corrected chi connectivity index (χ2v) is 7.75. The van der Waals surface area contributed by atoms with E-state index in [0.717, 1.165) is 32.0 Å². The van der Waals surface area contributed by atoms with Crippen molar-refractivity contribution in [1.82, 2.24) is 15.3 Å². The first-order valence-corrected chi connectivity index (χ1v) is 10.4. The molecule has 1 aliphatic rings. The van der Waals surface area contributed by atoms with Gasteiger partial charge in [0.25, 0.3) is 0 Å². The summed E-state index contributed by atoms with van der Waals surface area (Å²) in [4.78, 5) is 25.1. The van der Waals surface area contributed by atoms with E-state index in [1.165, 1.54) is 0 Å². The van der Waals surface area contributed by atoms with Gasteiger partial charge in [-0.3, -0.25) is 9.78 Å². The predicted molar refractivity (Wildman–Crippen MR) is 120 cm³/mol. The topological polar surface area (TPSA) is 99.5 Å². The van der Waals surface area contributed by atoms with Crippen molar-refractivity contribution < 1.29 is 9.90 Å². The number of nitrogens with zero attached hydrogens (tertiary/aromatic N) is 3. The fraction of sp³-hybridized carbons (Fsp3) is 0.182. The van der Waals surface area contributed by atoms with Gasteiger partial charge in [0.05, 0.1) is 16.8 Å². The number of fused-ring (bicyclic) bond motifs is 1. The summed E-state index contributed by atoms with van der Waals surface area (Å²) in [6.45, 7) is 0.188.